The maximum Gasteiger partial charge on any atom is 0.320 e. The lowest BCUT2D eigenvalue weighted by Gasteiger charge is -2.53. The Morgan fingerprint density at radius 3 is 2.71 bits per heavy atom. The molecule has 2 amide bonds. The summed E-state index contributed by atoms with van der Waals surface area (Å²) in [6.07, 6.45) is 6.57. The fourth-order valence-electron chi connectivity index (χ4n) is 7.68. The highest BCUT2D eigenvalue weighted by atomic mass is 16.5. The molecule has 9 nitrogen and oxygen atoms in total. The Bertz CT molecular complexity index is 1520. The van der Waals surface area contributed by atoms with Crippen LogP contribution in [-0.4, -0.2) is 75.4 Å². The van der Waals surface area contributed by atoms with E-state index in [0.717, 1.165) is 67.6 Å². The van der Waals surface area contributed by atoms with Crippen LogP contribution in [0.15, 0.2) is 65.7 Å². The third-order valence-corrected chi connectivity index (χ3v) is 10.1. The van der Waals surface area contributed by atoms with Gasteiger partial charge in [-0.1, -0.05) is 43.2 Å². The lowest BCUT2D eigenvalue weighted by molar-refractivity contribution is -0.137. The van der Waals surface area contributed by atoms with Crippen molar-refractivity contribution in [2.75, 3.05) is 39.3 Å². The summed E-state index contributed by atoms with van der Waals surface area (Å²) in [4.78, 5) is 35.9. The zero-order chi connectivity index (χ0) is 28.7. The highest BCUT2D eigenvalue weighted by Crippen LogP contribution is 2.52. The molecule has 2 saturated heterocycles. The Morgan fingerprint density at radius 2 is 1.90 bits per heavy atom. The summed E-state index contributed by atoms with van der Waals surface area (Å²) in [6.45, 7) is 3.97. The van der Waals surface area contributed by atoms with E-state index in [-0.39, 0.29) is 24.2 Å². The lowest BCUT2D eigenvalue weighted by atomic mass is 9.66. The molecule has 3 aromatic rings. The Morgan fingerprint density at radius 1 is 1.07 bits per heavy atom. The Hall–Kier alpha value is -3.69. The summed E-state index contributed by atoms with van der Waals surface area (Å²) < 4.78 is 7.17. The number of amides is 2. The number of benzene rings is 2. The molecule has 9 heteroatoms. The predicted molar refractivity (Wildman–Crippen MR) is 159 cm³/mol. The van der Waals surface area contributed by atoms with Gasteiger partial charge >= 0.3 is 6.03 Å². The number of likely N-dealkylation sites (tertiary alicyclic amines) is 1. The van der Waals surface area contributed by atoms with Gasteiger partial charge in [0, 0.05) is 56.2 Å². The van der Waals surface area contributed by atoms with Gasteiger partial charge in [-0.15, -0.1) is 0 Å². The number of rotatable bonds is 4. The van der Waals surface area contributed by atoms with E-state index in [0.29, 0.717) is 38.4 Å². The van der Waals surface area contributed by atoms with Crippen molar-refractivity contribution in [3.63, 3.8) is 0 Å². The number of ether oxygens (including phenoxy) is 1. The number of nitrogens with one attached hydrogen (secondary N) is 1. The van der Waals surface area contributed by atoms with Gasteiger partial charge in [-0.3, -0.25) is 9.36 Å². The van der Waals surface area contributed by atoms with E-state index in [1.165, 1.54) is 0 Å². The molecule has 42 heavy (non-hydrogen) atoms. The number of urea groups is 1. The van der Waals surface area contributed by atoms with E-state index in [1.54, 1.807) is 17.0 Å². The normalized spacial score (nSPS) is 24.9. The van der Waals surface area contributed by atoms with Gasteiger partial charge in [0.2, 0.25) is 0 Å². The molecule has 0 bridgehead atoms. The van der Waals surface area contributed by atoms with Crippen molar-refractivity contribution in [2.24, 2.45) is 5.41 Å². The molecule has 220 valence electrons. The van der Waals surface area contributed by atoms with Crippen LogP contribution in [0.25, 0.3) is 11.3 Å². The minimum Gasteiger partial charge on any atom is -0.493 e. The van der Waals surface area contributed by atoms with Crippen LogP contribution in [0.2, 0.25) is 0 Å². The number of hydrogen-bond donors (Lipinski definition) is 2. The standard InChI is InChI=1S/C33H39N5O4/c39-30-19-27(25-8-9-29-26(18-25)10-17-42-29)35-23-37(30)22-33(41)13-15-36(21-32(33)11-4-5-12-32)31(40)38-16-14-34-20-28(38)24-6-2-1-3-7-24/h1-3,6-9,18-19,23,28,34,41H,4-5,10-17,20-22H2/t28-,33+/m0/s1. The van der Waals surface area contributed by atoms with Gasteiger partial charge in [-0.05, 0) is 48.6 Å². The number of hydrogen-bond acceptors (Lipinski definition) is 6. The second-order valence-corrected chi connectivity index (χ2v) is 12.5. The first kappa shape index (κ1) is 27.2. The van der Waals surface area contributed by atoms with Gasteiger partial charge in [0.15, 0.2) is 0 Å². The van der Waals surface area contributed by atoms with Crippen molar-refractivity contribution >= 4 is 6.03 Å². The van der Waals surface area contributed by atoms with Crippen LogP contribution in [-0.2, 0) is 13.0 Å². The topological polar surface area (TPSA) is 99.9 Å². The molecule has 4 heterocycles. The summed E-state index contributed by atoms with van der Waals surface area (Å²) in [5.74, 6) is 0.897. The molecule has 2 N–H and O–H groups in total. The van der Waals surface area contributed by atoms with Crippen LogP contribution in [0, 0.1) is 5.41 Å². The highest BCUT2D eigenvalue weighted by Gasteiger charge is 2.56. The van der Waals surface area contributed by atoms with Crippen molar-refractivity contribution in [1.82, 2.24) is 24.7 Å². The van der Waals surface area contributed by atoms with Crippen LogP contribution < -0.4 is 15.6 Å². The molecule has 3 fully saturated rings. The summed E-state index contributed by atoms with van der Waals surface area (Å²) in [7, 11) is 0. The number of carbonyl (C=O) groups excluding carboxylic acids is 1. The van der Waals surface area contributed by atoms with Crippen LogP contribution >= 0.6 is 0 Å². The maximum absolute atomic E-state index is 14.0. The fraction of sp³-hybridized carbons (Fsp3) is 0.485. The van der Waals surface area contributed by atoms with E-state index in [9.17, 15) is 14.7 Å². The number of fused-ring (bicyclic) bond motifs is 1. The quantitative estimate of drug-likeness (QED) is 0.498. The van der Waals surface area contributed by atoms with Crippen LogP contribution in [0.1, 0.15) is 49.3 Å². The Kier molecular flexibility index (Phi) is 7.02. The summed E-state index contributed by atoms with van der Waals surface area (Å²) in [6, 6.07) is 17.7. The number of piperazine rings is 1. The first-order valence-electron chi connectivity index (χ1n) is 15.3. The molecule has 1 aliphatic carbocycles. The van der Waals surface area contributed by atoms with Gasteiger partial charge in [0.1, 0.15) is 5.75 Å². The summed E-state index contributed by atoms with van der Waals surface area (Å²) in [5, 5.41) is 15.7. The highest BCUT2D eigenvalue weighted by molar-refractivity contribution is 5.75. The molecule has 2 atom stereocenters. The van der Waals surface area contributed by atoms with E-state index in [1.807, 2.05) is 46.2 Å². The monoisotopic (exact) mass is 569 g/mol. The minimum atomic E-state index is -1.10. The maximum atomic E-state index is 14.0. The third-order valence-electron chi connectivity index (χ3n) is 10.1. The molecular weight excluding hydrogens is 530 g/mol. The van der Waals surface area contributed by atoms with Crippen LogP contribution in [0.3, 0.4) is 0 Å². The number of aliphatic hydroxyl groups is 1. The molecule has 7 rings (SSSR count). The average Bonchev–Trinajstić information content (AvgIpc) is 3.70. The molecule has 1 saturated carbocycles. The average molecular weight is 570 g/mol. The first-order chi connectivity index (χ1) is 20.4. The zero-order valence-corrected chi connectivity index (χ0v) is 24.0. The summed E-state index contributed by atoms with van der Waals surface area (Å²) >= 11 is 0. The Balaban J connectivity index is 1.11. The third kappa shape index (κ3) is 4.78. The predicted octanol–water partition coefficient (Wildman–Crippen LogP) is 3.61. The SMILES string of the molecule is O=C(N1CC[C@@](O)(Cn2cnc(-c3ccc4c(c3)CCO4)cc2=O)C2(CCCC2)C1)N1CCNC[C@H]1c1ccccc1. The first-order valence-corrected chi connectivity index (χ1v) is 15.3. The molecule has 3 aliphatic heterocycles. The van der Waals surface area contributed by atoms with Crippen LogP contribution in [0.5, 0.6) is 5.75 Å². The van der Waals surface area contributed by atoms with E-state index in [4.69, 9.17) is 4.74 Å². The molecule has 2 aromatic carbocycles. The van der Waals surface area contributed by atoms with E-state index < -0.39 is 11.0 Å². The number of piperidine rings is 1. The minimum absolute atomic E-state index is 0.0193. The fourth-order valence-corrected chi connectivity index (χ4v) is 7.68. The van der Waals surface area contributed by atoms with E-state index >= 15 is 0 Å². The van der Waals surface area contributed by atoms with Crippen molar-refractivity contribution in [3.8, 4) is 17.0 Å². The van der Waals surface area contributed by atoms with Crippen molar-refractivity contribution in [2.45, 2.75) is 56.7 Å². The number of aromatic nitrogens is 2. The van der Waals surface area contributed by atoms with Gasteiger partial charge < -0.3 is 25.0 Å². The molecular formula is C33H39N5O4. The molecule has 1 spiro atoms. The zero-order valence-electron chi connectivity index (χ0n) is 24.0. The van der Waals surface area contributed by atoms with Gasteiger partial charge in [0.05, 0.1) is 36.8 Å². The number of carbonyl (C=O) groups is 1. The molecule has 0 radical (unpaired) electrons. The molecule has 4 aliphatic rings. The molecule has 0 unspecified atom stereocenters. The Labute approximate surface area is 246 Å². The van der Waals surface area contributed by atoms with Crippen molar-refractivity contribution in [3.05, 3.63) is 82.4 Å². The van der Waals surface area contributed by atoms with Gasteiger partial charge in [0.25, 0.3) is 5.56 Å². The van der Waals surface area contributed by atoms with E-state index in [2.05, 4.69) is 22.4 Å². The second-order valence-electron chi connectivity index (χ2n) is 12.5. The lowest BCUT2D eigenvalue weighted by Crippen LogP contribution is -2.64. The largest absolute Gasteiger partial charge is 0.493 e. The summed E-state index contributed by atoms with van der Waals surface area (Å²) in [5.41, 5.74) is 2.05. The number of nitrogens with zero attached hydrogens (tertiary/aromatic N) is 4. The van der Waals surface area contributed by atoms with Crippen molar-refractivity contribution < 1.29 is 14.6 Å². The second kappa shape index (κ2) is 10.9. The van der Waals surface area contributed by atoms with Gasteiger partial charge in [-0.25, -0.2) is 9.78 Å². The smallest absolute Gasteiger partial charge is 0.320 e. The van der Waals surface area contributed by atoms with Crippen molar-refractivity contribution in [1.29, 1.82) is 0 Å². The van der Waals surface area contributed by atoms with Gasteiger partial charge in [-0.2, -0.15) is 0 Å². The molecule has 1 aromatic heterocycles. The van der Waals surface area contributed by atoms with Crippen LogP contribution in [0.4, 0.5) is 4.79 Å².